The molecule has 82 valence electrons. The molecule has 0 aliphatic heterocycles. The molecule has 1 rings (SSSR count). The van der Waals surface area contributed by atoms with Crippen molar-refractivity contribution in [1.29, 1.82) is 0 Å². The summed E-state index contributed by atoms with van der Waals surface area (Å²) in [4.78, 5) is 2.08. The Hall–Kier alpha value is -0.980. The zero-order valence-corrected chi connectivity index (χ0v) is 10.5. The monoisotopic (exact) mass is 195 g/mol. The number of rotatable bonds is 1. The van der Waals surface area contributed by atoms with Crippen LogP contribution in [0, 0.1) is 0 Å². The van der Waals surface area contributed by atoms with Gasteiger partial charge < -0.3 is 4.90 Å². The van der Waals surface area contributed by atoms with Crippen molar-refractivity contribution < 1.29 is 0 Å². The Morgan fingerprint density at radius 1 is 0.929 bits per heavy atom. The first-order valence-corrected chi connectivity index (χ1v) is 5.44. The van der Waals surface area contributed by atoms with Crippen molar-refractivity contribution in [2.45, 2.75) is 34.1 Å². The minimum Gasteiger partial charge on any atom is -0.378 e. The lowest BCUT2D eigenvalue weighted by Crippen LogP contribution is -2.07. The first-order valence-electron chi connectivity index (χ1n) is 5.44. The molecule has 0 N–H and O–H groups in total. The normalized spacial score (nSPS) is 7.57. The Morgan fingerprint density at radius 3 is 1.50 bits per heavy atom. The van der Waals surface area contributed by atoms with E-state index in [0.29, 0.717) is 0 Å². The van der Waals surface area contributed by atoms with Crippen molar-refractivity contribution in [1.82, 2.24) is 0 Å². The lowest BCUT2D eigenvalue weighted by Gasteiger charge is -2.10. The average Bonchev–Trinajstić information content (AvgIpc) is 2.23. The summed E-state index contributed by atoms with van der Waals surface area (Å²) in [5.74, 6) is 0. The summed E-state index contributed by atoms with van der Waals surface area (Å²) in [6, 6.07) is 10.3. The van der Waals surface area contributed by atoms with Gasteiger partial charge in [-0.25, -0.2) is 0 Å². The number of hydrogen-bond acceptors (Lipinski definition) is 1. The van der Waals surface area contributed by atoms with Gasteiger partial charge in [0.25, 0.3) is 0 Å². The van der Waals surface area contributed by atoms with Crippen LogP contribution < -0.4 is 4.90 Å². The van der Waals surface area contributed by atoms with Gasteiger partial charge in [0.15, 0.2) is 0 Å². The van der Waals surface area contributed by atoms with E-state index in [-0.39, 0.29) is 0 Å². The van der Waals surface area contributed by atoms with Crippen molar-refractivity contribution in [2.24, 2.45) is 0 Å². The molecule has 0 bridgehead atoms. The first kappa shape index (κ1) is 15.5. The second-order valence-corrected chi connectivity index (χ2v) is 2.94. The van der Waals surface area contributed by atoms with Crippen LogP contribution in [0.2, 0.25) is 0 Å². The Morgan fingerprint density at radius 2 is 1.29 bits per heavy atom. The Balaban J connectivity index is 0. The maximum Gasteiger partial charge on any atom is 0.0360 e. The lowest BCUT2D eigenvalue weighted by molar-refractivity contribution is 1.09. The molecule has 0 unspecified atom stereocenters. The smallest absolute Gasteiger partial charge is 0.0360 e. The molecule has 0 fully saturated rings. The molecule has 0 saturated carbocycles. The molecule has 0 radical (unpaired) electrons. The Labute approximate surface area is 89.8 Å². The van der Waals surface area contributed by atoms with E-state index in [2.05, 4.69) is 30.9 Å². The standard InChI is InChI=1S/C8H11N.C3H8.C2H6/c1-9(2)8-6-4-3-5-7-8;1-3-2;1-2/h3-7H,1-2H3;3H2,1-2H3;1-2H3. The molecule has 1 heteroatoms. The van der Waals surface area contributed by atoms with Gasteiger partial charge in [-0.1, -0.05) is 52.3 Å². The first-order chi connectivity index (χ1) is 6.72. The van der Waals surface area contributed by atoms with Gasteiger partial charge in [0.05, 0.1) is 0 Å². The molecule has 0 amide bonds. The zero-order valence-electron chi connectivity index (χ0n) is 10.5. The highest BCUT2D eigenvalue weighted by molar-refractivity contribution is 5.43. The van der Waals surface area contributed by atoms with E-state index in [9.17, 15) is 0 Å². The van der Waals surface area contributed by atoms with Crippen molar-refractivity contribution >= 4 is 5.69 Å². The molecule has 0 aromatic heterocycles. The van der Waals surface area contributed by atoms with Crippen LogP contribution >= 0.6 is 0 Å². The van der Waals surface area contributed by atoms with Gasteiger partial charge in [-0.05, 0) is 12.1 Å². The highest BCUT2D eigenvalue weighted by Crippen LogP contribution is 2.07. The molecule has 0 aliphatic carbocycles. The molecule has 0 heterocycles. The van der Waals surface area contributed by atoms with E-state index >= 15 is 0 Å². The number of hydrogen-bond donors (Lipinski definition) is 0. The highest BCUT2D eigenvalue weighted by atomic mass is 15.1. The maximum absolute atomic E-state index is 2.12. The Bertz CT molecular complexity index is 180. The third-order valence-electron chi connectivity index (χ3n) is 1.27. The van der Waals surface area contributed by atoms with Crippen molar-refractivity contribution in [3.05, 3.63) is 30.3 Å². The topological polar surface area (TPSA) is 3.24 Å². The second-order valence-electron chi connectivity index (χ2n) is 2.94. The van der Waals surface area contributed by atoms with Crippen LogP contribution in [0.5, 0.6) is 0 Å². The summed E-state index contributed by atoms with van der Waals surface area (Å²) in [5, 5.41) is 0. The minimum absolute atomic E-state index is 1.25. The summed E-state index contributed by atoms with van der Waals surface area (Å²) in [6.07, 6.45) is 1.25. The van der Waals surface area contributed by atoms with Crippen LogP contribution in [0.25, 0.3) is 0 Å². The molecular formula is C13H25N. The van der Waals surface area contributed by atoms with E-state index in [1.165, 1.54) is 12.1 Å². The van der Waals surface area contributed by atoms with Gasteiger partial charge in [-0.3, -0.25) is 0 Å². The van der Waals surface area contributed by atoms with Crippen LogP contribution in [0.3, 0.4) is 0 Å². The number of para-hydroxylation sites is 1. The molecule has 0 atom stereocenters. The summed E-state index contributed by atoms with van der Waals surface area (Å²) in [5.41, 5.74) is 1.25. The predicted molar refractivity (Wildman–Crippen MR) is 68.1 cm³/mol. The maximum atomic E-state index is 2.12. The van der Waals surface area contributed by atoms with Gasteiger partial charge in [0.2, 0.25) is 0 Å². The average molecular weight is 195 g/mol. The third kappa shape index (κ3) is 9.11. The molecule has 0 aliphatic rings. The largest absolute Gasteiger partial charge is 0.378 e. The fourth-order valence-electron chi connectivity index (χ4n) is 0.726. The quantitative estimate of drug-likeness (QED) is 0.649. The van der Waals surface area contributed by atoms with E-state index in [1.807, 2.05) is 46.1 Å². The van der Waals surface area contributed by atoms with Crippen molar-refractivity contribution in [3.8, 4) is 0 Å². The molecule has 0 saturated heterocycles. The van der Waals surface area contributed by atoms with Gasteiger partial charge in [0.1, 0.15) is 0 Å². The molecule has 0 spiro atoms. The highest BCUT2D eigenvalue weighted by Gasteiger charge is 1.87. The predicted octanol–water partition coefficient (Wildman–Crippen LogP) is 4.20. The van der Waals surface area contributed by atoms with Crippen LogP contribution in [0.15, 0.2) is 30.3 Å². The molecule has 14 heavy (non-hydrogen) atoms. The molecule has 1 aromatic rings. The summed E-state index contributed by atoms with van der Waals surface area (Å²) in [6.45, 7) is 8.25. The van der Waals surface area contributed by atoms with E-state index in [4.69, 9.17) is 0 Å². The zero-order chi connectivity index (χ0) is 11.4. The van der Waals surface area contributed by atoms with E-state index in [1.54, 1.807) is 0 Å². The van der Waals surface area contributed by atoms with Crippen LogP contribution in [-0.4, -0.2) is 14.1 Å². The fourth-order valence-corrected chi connectivity index (χ4v) is 0.726. The van der Waals surface area contributed by atoms with Gasteiger partial charge in [-0.15, -0.1) is 0 Å². The van der Waals surface area contributed by atoms with Gasteiger partial charge >= 0.3 is 0 Å². The fraction of sp³-hybridized carbons (Fsp3) is 0.538. The second kappa shape index (κ2) is 12.0. The lowest BCUT2D eigenvalue weighted by atomic mass is 10.3. The molecule has 1 nitrogen and oxygen atoms in total. The number of anilines is 1. The SMILES string of the molecule is CC.CCC.CN(C)c1ccccc1. The Kier molecular flexibility index (Phi) is 13.3. The van der Waals surface area contributed by atoms with Crippen LogP contribution in [-0.2, 0) is 0 Å². The van der Waals surface area contributed by atoms with E-state index in [0.717, 1.165) is 0 Å². The number of benzene rings is 1. The van der Waals surface area contributed by atoms with Gasteiger partial charge in [-0.2, -0.15) is 0 Å². The number of nitrogens with zero attached hydrogens (tertiary/aromatic N) is 1. The summed E-state index contributed by atoms with van der Waals surface area (Å²) < 4.78 is 0. The van der Waals surface area contributed by atoms with Crippen molar-refractivity contribution in [2.75, 3.05) is 19.0 Å². The molecular weight excluding hydrogens is 170 g/mol. The van der Waals surface area contributed by atoms with Crippen LogP contribution in [0.1, 0.15) is 34.1 Å². The third-order valence-corrected chi connectivity index (χ3v) is 1.27. The van der Waals surface area contributed by atoms with Crippen LogP contribution in [0.4, 0.5) is 5.69 Å². The summed E-state index contributed by atoms with van der Waals surface area (Å²) >= 11 is 0. The minimum atomic E-state index is 1.25. The van der Waals surface area contributed by atoms with Crippen molar-refractivity contribution in [3.63, 3.8) is 0 Å². The summed E-state index contributed by atoms with van der Waals surface area (Å²) in [7, 11) is 4.07. The van der Waals surface area contributed by atoms with Gasteiger partial charge in [0, 0.05) is 19.8 Å². The van der Waals surface area contributed by atoms with E-state index < -0.39 is 0 Å². The molecule has 1 aromatic carbocycles.